The summed E-state index contributed by atoms with van der Waals surface area (Å²) in [4.78, 5) is 0. The van der Waals surface area contributed by atoms with Gasteiger partial charge in [-0.05, 0) is 0 Å². The van der Waals surface area contributed by atoms with Crippen LogP contribution in [0, 0.1) is 0 Å². The zero-order valence-electron chi connectivity index (χ0n) is 4.09. The zero-order valence-corrected chi connectivity index (χ0v) is 14.2. The average molecular weight is 722 g/mol. The van der Waals surface area contributed by atoms with Crippen molar-refractivity contribution >= 4 is 97.8 Å². The van der Waals surface area contributed by atoms with Gasteiger partial charge in [-0.25, -0.2) is 0 Å². The largest absolute Gasteiger partial charge is 5.00 e. The van der Waals surface area contributed by atoms with Gasteiger partial charge in [0, 0.05) is 65.4 Å². The maximum absolute atomic E-state index is 0. The molecule has 2 radical (unpaired) electrons. The minimum Gasteiger partial charge on any atom is -2.00 e. The van der Waals surface area contributed by atoms with E-state index >= 15 is 0 Å². The predicted octanol–water partition coefficient (Wildman–Crippen LogP) is -2.44. The molecule has 0 aromatic carbocycles. The van der Waals surface area contributed by atoms with Crippen molar-refractivity contribution in [3.05, 3.63) is 0 Å². The van der Waals surface area contributed by atoms with Crippen LogP contribution >= 0.6 is 0 Å². The second kappa shape index (κ2) is 92.4. The van der Waals surface area contributed by atoms with Gasteiger partial charge in [0.15, 0.2) is 0 Å². The van der Waals surface area contributed by atoms with Crippen molar-refractivity contribution in [2.75, 3.05) is 0 Å². The third-order valence-electron chi connectivity index (χ3n) is 0. The Kier molecular flexibility index (Phi) is 932. The molecule has 0 rings (SSSR count). The van der Waals surface area contributed by atoms with E-state index in [0.717, 1.165) is 0 Å². The van der Waals surface area contributed by atoms with E-state index in [1.165, 1.54) is 0 Å². The summed E-state index contributed by atoms with van der Waals surface area (Å²) in [5.74, 6) is 0. The van der Waals surface area contributed by atoms with Gasteiger partial charge in [0.25, 0.3) is 0 Å². The Morgan fingerprint density at radius 2 is 0.364 bits per heavy atom. The molecule has 0 spiro atoms. The van der Waals surface area contributed by atoms with Crippen LogP contribution in [0.3, 0.4) is 0 Å². The van der Waals surface area contributed by atoms with Crippen LogP contribution in [0.15, 0.2) is 0 Å². The molecule has 0 unspecified atom stereocenters. The quantitative estimate of drug-likeness (QED) is 0.246. The molecule has 0 bridgehead atoms. The summed E-state index contributed by atoms with van der Waals surface area (Å²) in [5, 5.41) is 0. The second-order valence-electron chi connectivity index (χ2n) is 0. The molecule has 11 heteroatoms. The molecule has 5 nitrogen and oxygen atoms in total. The van der Waals surface area contributed by atoms with Gasteiger partial charge in [-0.15, -0.1) is 0 Å². The smallest absolute Gasteiger partial charge is 2.00 e. The minimum absolute atomic E-state index is 0. The van der Waals surface area contributed by atoms with Crippen molar-refractivity contribution in [2.45, 2.75) is 0 Å². The Morgan fingerprint density at radius 3 is 0.364 bits per heavy atom. The van der Waals surface area contributed by atoms with Crippen LogP contribution in [0.25, 0.3) is 0 Å². The van der Waals surface area contributed by atoms with E-state index in [4.69, 9.17) is 0 Å². The summed E-state index contributed by atoms with van der Waals surface area (Å²) in [6.07, 6.45) is 0. The van der Waals surface area contributed by atoms with Crippen molar-refractivity contribution in [1.82, 2.24) is 0 Å². The first kappa shape index (κ1) is 111. The molecule has 0 N–H and O–H groups in total. The minimum atomic E-state index is 0. The van der Waals surface area contributed by atoms with Gasteiger partial charge in [0.05, 0.1) is 0 Å². The average Bonchev–Trinajstić information content (AvgIpc) is 0. The van der Waals surface area contributed by atoms with Crippen LogP contribution in [0.5, 0.6) is 0 Å². The van der Waals surface area contributed by atoms with Crippen LogP contribution in [-0.2, 0) is 138 Å². The molecule has 0 heterocycles. The summed E-state index contributed by atoms with van der Waals surface area (Å²) < 4.78 is 0. The van der Waals surface area contributed by atoms with Gasteiger partial charge < -0.3 is 27.4 Å². The fourth-order valence-corrected chi connectivity index (χ4v) is 0. The Bertz CT molecular complexity index is 20.4. The fraction of sp³-hybridized carbons (Fsp3) is 0. The van der Waals surface area contributed by atoms with E-state index in [2.05, 4.69) is 0 Å². The number of rotatable bonds is 0. The first-order chi connectivity index (χ1) is 0. The molecule has 0 aliphatic heterocycles. The van der Waals surface area contributed by atoms with E-state index in [-0.39, 0.29) is 235 Å². The third kappa shape index (κ3) is 81.0. The van der Waals surface area contributed by atoms with Crippen LogP contribution in [0.2, 0.25) is 0 Å². The maximum Gasteiger partial charge on any atom is 5.00 e. The Hall–Kier alpha value is 6.63. The maximum atomic E-state index is 0. The van der Waals surface area contributed by atoms with Gasteiger partial charge in [-0.3, -0.25) is 0 Å². The molecule has 0 aromatic rings. The molecule has 0 amide bonds. The van der Waals surface area contributed by atoms with Gasteiger partial charge in [-0.2, -0.15) is 0 Å². The second-order valence-corrected chi connectivity index (χ2v) is 0. The first-order valence-electron chi connectivity index (χ1n) is 0. The Labute approximate surface area is 228 Å². The van der Waals surface area contributed by atoms with Crippen molar-refractivity contribution in [2.24, 2.45) is 0 Å². The number of hydrogen-bond acceptors (Lipinski definition) is 0. The predicted molar refractivity (Wildman–Crippen MR) is 20.5 cm³/mol. The van der Waals surface area contributed by atoms with E-state index in [9.17, 15) is 0 Å². The molecule has 54 valence electrons. The summed E-state index contributed by atoms with van der Waals surface area (Å²) in [7, 11) is 0. The van der Waals surface area contributed by atoms with Crippen molar-refractivity contribution < 1.29 is 138 Å². The molecule has 0 aromatic heterocycles. The standard InChI is InChI=1S/2Ba.2Nb.5O.2Y.4H/q;;2*+5;5*-2;;;;;;. The molecule has 0 aliphatic carbocycles. The van der Waals surface area contributed by atoms with E-state index in [1.54, 1.807) is 0 Å². The zero-order chi connectivity index (χ0) is 0. The third-order valence-corrected chi connectivity index (χ3v) is 0. The SMILES string of the molecule is [BaH2].[BaH2].[Nb+5].[Nb+5].[O-2].[O-2].[O-2].[O-2].[O-2].[Y].[Y]. The summed E-state index contributed by atoms with van der Waals surface area (Å²) >= 11 is 0. The van der Waals surface area contributed by atoms with Crippen molar-refractivity contribution in [3.8, 4) is 0 Å². The van der Waals surface area contributed by atoms with Crippen LogP contribution in [0.1, 0.15) is 0 Å². The summed E-state index contributed by atoms with van der Waals surface area (Å²) in [6.45, 7) is 0. The van der Waals surface area contributed by atoms with Crippen LogP contribution in [-0.4, -0.2) is 97.8 Å². The molecular weight excluding hydrogens is 718 g/mol. The Morgan fingerprint density at radius 1 is 0.364 bits per heavy atom. The first-order valence-corrected chi connectivity index (χ1v) is 0. The van der Waals surface area contributed by atoms with Gasteiger partial charge in [0.1, 0.15) is 0 Å². The van der Waals surface area contributed by atoms with Gasteiger partial charge >= 0.3 is 143 Å². The normalized spacial score (nSPS) is 0. The summed E-state index contributed by atoms with van der Waals surface area (Å²) in [5.41, 5.74) is 0. The van der Waals surface area contributed by atoms with E-state index < -0.39 is 0 Å². The van der Waals surface area contributed by atoms with Crippen LogP contribution in [0.4, 0.5) is 0 Å². The molecule has 0 atom stereocenters. The Balaban J connectivity index is 0. The molecule has 11 heavy (non-hydrogen) atoms. The van der Waals surface area contributed by atoms with Crippen molar-refractivity contribution in [3.63, 3.8) is 0 Å². The van der Waals surface area contributed by atoms with Gasteiger partial charge in [0.2, 0.25) is 0 Å². The topological polar surface area (TPSA) is 142 Å². The number of hydrogen-bond donors (Lipinski definition) is 0. The summed E-state index contributed by atoms with van der Waals surface area (Å²) in [6, 6.07) is 0. The molecule has 0 saturated carbocycles. The molecular formula is H4Ba2Nb2O5Y2. The fourth-order valence-electron chi connectivity index (χ4n) is 0. The molecule has 0 aliphatic rings. The van der Waals surface area contributed by atoms with Crippen molar-refractivity contribution in [1.29, 1.82) is 0 Å². The van der Waals surface area contributed by atoms with E-state index in [1.807, 2.05) is 0 Å². The monoisotopic (exact) mass is 723 g/mol. The van der Waals surface area contributed by atoms with Gasteiger partial charge in [-0.1, -0.05) is 0 Å². The molecule has 0 saturated heterocycles. The molecule has 0 fully saturated rings. The van der Waals surface area contributed by atoms with E-state index in [0.29, 0.717) is 0 Å². The van der Waals surface area contributed by atoms with Crippen LogP contribution < -0.4 is 0 Å².